The SMILES string of the molecule is Cc1cnn(CC(=O)NC2CNC2)c1.Cl.Cl. The lowest BCUT2D eigenvalue weighted by molar-refractivity contribution is -0.122. The average Bonchev–Trinajstić information content (AvgIpc) is 2.44. The molecule has 0 radical (unpaired) electrons. The second kappa shape index (κ2) is 6.73. The van der Waals surface area contributed by atoms with E-state index in [4.69, 9.17) is 0 Å². The van der Waals surface area contributed by atoms with Gasteiger partial charge in [0, 0.05) is 19.3 Å². The Bertz CT molecular complexity index is 338. The zero-order chi connectivity index (χ0) is 9.97. The fourth-order valence-corrected chi connectivity index (χ4v) is 1.36. The maximum Gasteiger partial charge on any atom is 0.242 e. The van der Waals surface area contributed by atoms with Gasteiger partial charge in [0.1, 0.15) is 6.54 Å². The van der Waals surface area contributed by atoms with Crippen LogP contribution in [-0.4, -0.2) is 34.8 Å². The zero-order valence-corrected chi connectivity index (χ0v) is 10.6. The molecule has 1 saturated heterocycles. The molecule has 0 aliphatic carbocycles. The summed E-state index contributed by atoms with van der Waals surface area (Å²) in [7, 11) is 0. The van der Waals surface area contributed by atoms with E-state index in [9.17, 15) is 4.79 Å². The van der Waals surface area contributed by atoms with Gasteiger partial charge in [-0.3, -0.25) is 9.48 Å². The molecular weight excluding hydrogens is 251 g/mol. The minimum Gasteiger partial charge on any atom is -0.349 e. The van der Waals surface area contributed by atoms with Crippen molar-refractivity contribution in [3.05, 3.63) is 18.0 Å². The third-order valence-corrected chi connectivity index (χ3v) is 2.21. The quantitative estimate of drug-likeness (QED) is 0.818. The van der Waals surface area contributed by atoms with Crippen molar-refractivity contribution in [3.63, 3.8) is 0 Å². The molecule has 1 amide bonds. The number of halogens is 2. The molecular formula is C9H16Cl2N4O. The van der Waals surface area contributed by atoms with Crippen LogP contribution in [0.25, 0.3) is 0 Å². The Labute approximate surface area is 107 Å². The van der Waals surface area contributed by atoms with Gasteiger partial charge in [0.05, 0.1) is 12.2 Å². The van der Waals surface area contributed by atoms with Gasteiger partial charge in [-0.15, -0.1) is 24.8 Å². The van der Waals surface area contributed by atoms with E-state index in [1.54, 1.807) is 10.9 Å². The Morgan fingerprint density at radius 1 is 1.62 bits per heavy atom. The Morgan fingerprint density at radius 3 is 2.75 bits per heavy atom. The predicted molar refractivity (Wildman–Crippen MR) is 66.3 cm³/mol. The van der Waals surface area contributed by atoms with Crippen LogP contribution in [0.5, 0.6) is 0 Å². The molecule has 2 N–H and O–H groups in total. The van der Waals surface area contributed by atoms with Crippen LogP contribution in [0.3, 0.4) is 0 Å². The van der Waals surface area contributed by atoms with E-state index in [0.717, 1.165) is 18.7 Å². The van der Waals surface area contributed by atoms with Crippen molar-refractivity contribution in [2.75, 3.05) is 13.1 Å². The summed E-state index contributed by atoms with van der Waals surface area (Å²) in [6, 6.07) is 0.305. The van der Waals surface area contributed by atoms with Gasteiger partial charge in [0.25, 0.3) is 0 Å². The van der Waals surface area contributed by atoms with Crippen molar-refractivity contribution in [1.82, 2.24) is 20.4 Å². The summed E-state index contributed by atoms with van der Waals surface area (Å²) in [5, 5.41) is 10.1. The third kappa shape index (κ3) is 4.00. The summed E-state index contributed by atoms with van der Waals surface area (Å²) in [6.45, 7) is 4.02. The van der Waals surface area contributed by atoms with Crippen molar-refractivity contribution in [3.8, 4) is 0 Å². The molecule has 0 spiro atoms. The lowest BCUT2D eigenvalue weighted by Crippen LogP contribution is -2.57. The molecule has 5 nitrogen and oxygen atoms in total. The van der Waals surface area contributed by atoms with Crippen molar-refractivity contribution in [2.24, 2.45) is 0 Å². The van der Waals surface area contributed by atoms with Gasteiger partial charge < -0.3 is 10.6 Å². The van der Waals surface area contributed by atoms with Crippen LogP contribution in [0.2, 0.25) is 0 Å². The van der Waals surface area contributed by atoms with Crippen LogP contribution in [-0.2, 0) is 11.3 Å². The number of nitrogens with zero attached hydrogens (tertiary/aromatic N) is 2. The van der Waals surface area contributed by atoms with Gasteiger partial charge in [0.2, 0.25) is 5.91 Å². The Balaban J connectivity index is 0.00000112. The summed E-state index contributed by atoms with van der Waals surface area (Å²) in [5.41, 5.74) is 1.07. The Morgan fingerprint density at radius 2 is 2.31 bits per heavy atom. The number of aromatic nitrogens is 2. The number of aryl methyl sites for hydroxylation is 1. The molecule has 1 aliphatic heterocycles. The number of carbonyl (C=O) groups excluding carboxylic acids is 1. The number of hydrogen-bond donors (Lipinski definition) is 2. The highest BCUT2D eigenvalue weighted by molar-refractivity contribution is 5.85. The fourth-order valence-electron chi connectivity index (χ4n) is 1.36. The number of amides is 1. The number of carbonyl (C=O) groups is 1. The molecule has 1 aromatic rings. The molecule has 16 heavy (non-hydrogen) atoms. The van der Waals surface area contributed by atoms with Crippen molar-refractivity contribution >= 4 is 30.7 Å². The largest absolute Gasteiger partial charge is 0.349 e. The maximum atomic E-state index is 11.4. The average molecular weight is 267 g/mol. The zero-order valence-electron chi connectivity index (χ0n) is 8.97. The van der Waals surface area contributed by atoms with E-state index in [1.165, 1.54) is 0 Å². The first-order valence-corrected chi connectivity index (χ1v) is 4.73. The number of nitrogens with one attached hydrogen (secondary N) is 2. The van der Waals surface area contributed by atoms with Gasteiger partial charge >= 0.3 is 0 Å². The van der Waals surface area contributed by atoms with E-state index in [2.05, 4.69) is 15.7 Å². The van der Waals surface area contributed by atoms with Gasteiger partial charge in [-0.05, 0) is 12.5 Å². The van der Waals surface area contributed by atoms with E-state index in [0.29, 0.717) is 12.6 Å². The molecule has 0 saturated carbocycles. The molecule has 92 valence electrons. The van der Waals surface area contributed by atoms with E-state index < -0.39 is 0 Å². The molecule has 7 heteroatoms. The van der Waals surface area contributed by atoms with Crippen molar-refractivity contribution in [1.29, 1.82) is 0 Å². The first kappa shape index (κ1) is 15.2. The molecule has 1 fully saturated rings. The fraction of sp³-hybridized carbons (Fsp3) is 0.556. The van der Waals surface area contributed by atoms with E-state index in [1.807, 2.05) is 13.1 Å². The molecule has 1 aliphatic rings. The molecule has 1 aromatic heterocycles. The van der Waals surface area contributed by atoms with Gasteiger partial charge in [0.15, 0.2) is 0 Å². The normalized spacial score (nSPS) is 14.3. The monoisotopic (exact) mass is 266 g/mol. The highest BCUT2D eigenvalue weighted by Crippen LogP contribution is 1.95. The molecule has 0 bridgehead atoms. The van der Waals surface area contributed by atoms with Crippen LogP contribution in [0.4, 0.5) is 0 Å². The lowest BCUT2D eigenvalue weighted by atomic mass is 10.2. The van der Waals surface area contributed by atoms with Crippen molar-refractivity contribution in [2.45, 2.75) is 19.5 Å². The highest BCUT2D eigenvalue weighted by Gasteiger charge is 2.18. The van der Waals surface area contributed by atoms with Crippen LogP contribution < -0.4 is 10.6 Å². The predicted octanol–water partition coefficient (Wildman–Crippen LogP) is 0.123. The maximum absolute atomic E-state index is 11.4. The smallest absolute Gasteiger partial charge is 0.242 e. The van der Waals surface area contributed by atoms with Gasteiger partial charge in [-0.1, -0.05) is 0 Å². The first-order chi connectivity index (χ1) is 6.74. The van der Waals surface area contributed by atoms with Crippen LogP contribution >= 0.6 is 24.8 Å². The summed E-state index contributed by atoms with van der Waals surface area (Å²) < 4.78 is 1.65. The second-order valence-electron chi connectivity index (χ2n) is 3.64. The minimum absolute atomic E-state index is 0. The molecule has 0 atom stereocenters. The van der Waals surface area contributed by atoms with E-state index in [-0.39, 0.29) is 30.7 Å². The number of hydrogen-bond acceptors (Lipinski definition) is 3. The van der Waals surface area contributed by atoms with E-state index >= 15 is 0 Å². The molecule has 2 heterocycles. The van der Waals surface area contributed by atoms with Crippen LogP contribution in [0.15, 0.2) is 12.4 Å². The summed E-state index contributed by atoms with van der Waals surface area (Å²) in [5.74, 6) is 0.0274. The minimum atomic E-state index is 0. The summed E-state index contributed by atoms with van der Waals surface area (Å²) >= 11 is 0. The summed E-state index contributed by atoms with van der Waals surface area (Å²) in [6.07, 6.45) is 3.61. The first-order valence-electron chi connectivity index (χ1n) is 4.73. The van der Waals surface area contributed by atoms with Crippen LogP contribution in [0.1, 0.15) is 5.56 Å². The Kier molecular flexibility index (Phi) is 6.40. The standard InChI is InChI=1S/C9H14N4O.2ClH/c1-7-2-11-13(5-7)6-9(14)12-8-3-10-4-8;;/h2,5,8,10H,3-4,6H2,1H3,(H,12,14);2*1H. The second-order valence-corrected chi connectivity index (χ2v) is 3.64. The van der Waals surface area contributed by atoms with Crippen molar-refractivity contribution < 1.29 is 4.79 Å². The molecule has 0 aromatic carbocycles. The number of rotatable bonds is 3. The Hall–Kier alpha value is -0.780. The summed E-state index contributed by atoms with van der Waals surface area (Å²) in [4.78, 5) is 11.4. The third-order valence-electron chi connectivity index (χ3n) is 2.21. The van der Waals surface area contributed by atoms with Gasteiger partial charge in [-0.25, -0.2) is 0 Å². The van der Waals surface area contributed by atoms with Crippen LogP contribution in [0, 0.1) is 6.92 Å². The van der Waals surface area contributed by atoms with Gasteiger partial charge in [-0.2, -0.15) is 5.10 Å². The lowest BCUT2D eigenvalue weighted by Gasteiger charge is -2.27. The topological polar surface area (TPSA) is 59.0 Å². The molecule has 2 rings (SSSR count). The highest BCUT2D eigenvalue weighted by atomic mass is 35.5. The molecule has 0 unspecified atom stereocenters.